The van der Waals surface area contributed by atoms with Crippen molar-refractivity contribution in [1.82, 2.24) is 9.80 Å². The Bertz CT molecular complexity index is 921. The Labute approximate surface area is 255 Å². The number of halogens is 1. The second-order valence-electron chi connectivity index (χ2n) is 7.36. The molecule has 1 atom stereocenters. The first kappa shape index (κ1) is 31.9. The van der Waals surface area contributed by atoms with Crippen LogP contribution < -0.4 is 73.6 Å². The minimum Gasteiger partial charge on any atom is -0.489 e. The van der Waals surface area contributed by atoms with Gasteiger partial charge < -0.3 is 27.1 Å². The molecule has 1 saturated heterocycles. The molecule has 1 N–H and O–H groups in total. The Balaban J connectivity index is 0.000000640. The first-order valence-corrected chi connectivity index (χ1v) is 9.91. The van der Waals surface area contributed by atoms with Crippen LogP contribution in [0.3, 0.4) is 0 Å². The predicted molar refractivity (Wildman–Crippen MR) is 124 cm³/mol. The predicted octanol–water partition coefficient (Wildman–Crippen LogP) is 1.36. The van der Waals surface area contributed by atoms with Crippen LogP contribution in [0, 0.1) is 27.2 Å². The molecule has 0 bridgehead atoms. The Kier molecular flexibility index (Phi) is 15.2. The number of nitrogens with zero attached hydrogens (tertiary/aromatic N) is 2. The van der Waals surface area contributed by atoms with Gasteiger partial charge in [-0.05, 0) is 74.5 Å². The molecule has 33 heavy (non-hydrogen) atoms. The fourth-order valence-electron chi connectivity index (χ4n) is 3.06. The summed E-state index contributed by atoms with van der Waals surface area (Å²) in [5.74, 6) is -0.670. The van der Waals surface area contributed by atoms with Crippen molar-refractivity contribution in [2.45, 2.75) is 26.5 Å². The first-order valence-electron chi connectivity index (χ1n) is 9.91. The van der Waals surface area contributed by atoms with E-state index in [4.69, 9.17) is 9.84 Å². The third-order valence-electron chi connectivity index (χ3n) is 4.91. The number of aryl methyl sites for hydroxylation is 1. The third-order valence-corrected chi connectivity index (χ3v) is 4.91. The molecule has 2 aromatic rings. The summed E-state index contributed by atoms with van der Waals surface area (Å²) in [6.45, 7) is 9.89. The maximum Gasteiger partial charge on any atom is 1.00 e. The summed E-state index contributed by atoms with van der Waals surface area (Å²) in [7, 11) is 3.84. The molecule has 1 aliphatic heterocycles. The fourth-order valence-corrected chi connectivity index (χ4v) is 3.06. The largest absolute Gasteiger partial charge is 1.00 e. The molecule has 1 aliphatic rings. The standard InChI is InChI=1S/C15H13FO3.C9H15N2O.CH3.Cs/c1-10-2-3-11(8-14(10)16)9-19-13-6-4-12(5-7-13)15(17)18;1-4-9(12)11-6-5-10(3)7-8(11)2;;/h2-8H,9H2,1H3,(H,17,18);4,8H,1,3,5-7H2,2H3;1H3;/q;2*-1;+1/t;8-;;/m.1../s1. The summed E-state index contributed by atoms with van der Waals surface area (Å²) in [6.07, 6.45) is 1.37. The van der Waals surface area contributed by atoms with Crippen LogP contribution >= 0.6 is 0 Å². The number of rotatable bonds is 5. The number of carboxylic acids is 1. The number of amides is 1. The number of carboxylic acid groups (broad SMARTS) is 1. The number of hydrogen-bond acceptors (Lipinski definition) is 4. The molecular weight excluding hydrogens is 544 g/mol. The number of benzene rings is 2. The molecule has 0 aliphatic carbocycles. The van der Waals surface area contributed by atoms with Crippen molar-refractivity contribution in [1.29, 1.82) is 0 Å². The van der Waals surface area contributed by atoms with Crippen LogP contribution in [0.1, 0.15) is 28.4 Å². The zero-order valence-corrected chi connectivity index (χ0v) is 26.2. The van der Waals surface area contributed by atoms with Crippen LogP contribution in [-0.2, 0) is 11.4 Å². The molecular formula is C25H31CsFN2O4-. The molecule has 8 heteroatoms. The van der Waals surface area contributed by atoms with Crippen molar-refractivity contribution in [3.63, 3.8) is 0 Å². The van der Waals surface area contributed by atoms with Gasteiger partial charge in [-0.25, -0.2) is 9.18 Å². The third kappa shape index (κ3) is 10.3. The molecule has 0 radical (unpaired) electrons. The van der Waals surface area contributed by atoms with E-state index in [1.807, 2.05) is 16.7 Å². The SMILES string of the molecule is C=CC(=O)N1CCN([CH2-])C[C@H]1C.Cc1ccc(COc2ccc(C(=O)O)cc2)cc1F.[CH3-].[Cs+]. The monoisotopic (exact) mass is 575 g/mol. The Hall–Kier alpha value is -1.14. The van der Waals surface area contributed by atoms with E-state index >= 15 is 0 Å². The Morgan fingerprint density at radius 3 is 2.39 bits per heavy atom. The van der Waals surface area contributed by atoms with Crippen LogP contribution in [0.4, 0.5) is 4.39 Å². The average Bonchev–Trinajstić information content (AvgIpc) is 2.75. The maximum atomic E-state index is 13.3. The van der Waals surface area contributed by atoms with E-state index < -0.39 is 5.97 Å². The van der Waals surface area contributed by atoms with Crippen molar-refractivity contribution in [3.05, 3.63) is 92.1 Å². The molecule has 0 aromatic heterocycles. The zero-order valence-electron chi connectivity index (χ0n) is 19.9. The van der Waals surface area contributed by atoms with Crippen LogP contribution in [0.15, 0.2) is 55.1 Å². The van der Waals surface area contributed by atoms with E-state index in [0.29, 0.717) is 11.3 Å². The molecule has 1 amide bonds. The number of hydrogen-bond donors (Lipinski definition) is 1. The van der Waals surface area contributed by atoms with Crippen molar-refractivity contribution < 1.29 is 92.7 Å². The van der Waals surface area contributed by atoms with E-state index in [0.717, 1.165) is 25.2 Å². The van der Waals surface area contributed by atoms with Crippen molar-refractivity contribution in [2.75, 3.05) is 19.6 Å². The van der Waals surface area contributed by atoms with Gasteiger partial charge in [0.15, 0.2) is 0 Å². The van der Waals surface area contributed by atoms with Gasteiger partial charge in [-0.1, -0.05) is 18.7 Å². The molecule has 174 valence electrons. The minimum absolute atomic E-state index is 0. The van der Waals surface area contributed by atoms with E-state index in [-0.39, 0.29) is 106 Å². The molecule has 6 nitrogen and oxygen atoms in total. The number of piperazine rings is 1. The second-order valence-corrected chi connectivity index (χ2v) is 7.36. The summed E-state index contributed by atoms with van der Waals surface area (Å²) >= 11 is 0. The minimum atomic E-state index is -0.979. The number of aromatic carboxylic acids is 1. The summed E-state index contributed by atoms with van der Waals surface area (Å²) in [5.41, 5.74) is 1.52. The summed E-state index contributed by atoms with van der Waals surface area (Å²) in [5, 5.41) is 8.76. The van der Waals surface area contributed by atoms with Gasteiger partial charge in [0.2, 0.25) is 5.91 Å². The van der Waals surface area contributed by atoms with Crippen LogP contribution in [0.25, 0.3) is 0 Å². The van der Waals surface area contributed by atoms with Gasteiger partial charge in [0, 0.05) is 12.6 Å². The van der Waals surface area contributed by atoms with Crippen molar-refractivity contribution in [2.24, 2.45) is 0 Å². The van der Waals surface area contributed by atoms with Gasteiger partial charge in [-0.2, -0.15) is 0 Å². The molecule has 0 saturated carbocycles. The van der Waals surface area contributed by atoms with E-state index in [2.05, 4.69) is 13.6 Å². The smallest absolute Gasteiger partial charge is 0.489 e. The second kappa shape index (κ2) is 15.7. The topological polar surface area (TPSA) is 70.1 Å². The van der Waals surface area contributed by atoms with Gasteiger partial charge >= 0.3 is 74.9 Å². The molecule has 0 spiro atoms. The van der Waals surface area contributed by atoms with Crippen molar-refractivity contribution >= 4 is 11.9 Å². The Morgan fingerprint density at radius 2 is 1.88 bits per heavy atom. The van der Waals surface area contributed by atoms with E-state index in [1.54, 1.807) is 31.2 Å². The normalized spacial score (nSPS) is 15.2. The molecule has 3 rings (SSSR count). The first-order chi connectivity index (χ1) is 14.7. The van der Waals surface area contributed by atoms with Crippen LogP contribution in [0.2, 0.25) is 0 Å². The van der Waals surface area contributed by atoms with Crippen molar-refractivity contribution in [3.8, 4) is 5.75 Å². The van der Waals surface area contributed by atoms with Gasteiger partial charge in [-0.3, -0.25) is 11.8 Å². The number of carbonyl (C=O) groups is 2. The molecule has 1 fully saturated rings. The van der Waals surface area contributed by atoms with Gasteiger partial charge in [-0.15, -0.1) is 0 Å². The summed E-state index contributed by atoms with van der Waals surface area (Å²) < 4.78 is 18.8. The van der Waals surface area contributed by atoms with Gasteiger partial charge in [0.05, 0.1) is 5.56 Å². The molecule has 2 aromatic carbocycles. The molecule has 0 unspecified atom stereocenters. The van der Waals surface area contributed by atoms with E-state index in [9.17, 15) is 14.0 Å². The van der Waals surface area contributed by atoms with Crippen LogP contribution in [-0.4, -0.2) is 52.5 Å². The average molecular weight is 575 g/mol. The quantitative estimate of drug-likeness (QED) is 0.431. The van der Waals surface area contributed by atoms with Gasteiger partial charge in [0.25, 0.3) is 0 Å². The maximum absolute atomic E-state index is 13.3. The fraction of sp³-hybridized carbons (Fsp3) is 0.280. The zero-order chi connectivity index (χ0) is 23.0. The van der Waals surface area contributed by atoms with Gasteiger partial charge in [0.1, 0.15) is 18.2 Å². The van der Waals surface area contributed by atoms with E-state index in [1.165, 1.54) is 24.3 Å². The molecule has 1 heterocycles. The summed E-state index contributed by atoms with van der Waals surface area (Å²) in [4.78, 5) is 25.7. The number of ether oxygens (including phenoxy) is 1. The summed E-state index contributed by atoms with van der Waals surface area (Å²) in [6, 6.07) is 11.3. The van der Waals surface area contributed by atoms with Crippen LogP contribution in [0.5, 0.6) is 5.75 Å². The number of carbonyl (C=O) groups excluding carboxylic acids is 1. The Morgan fingerprint density at radius 1 is 1.24 bits per heavy atom.